The Bertz CT molecular complexity index is 757. The number of carbonyl (C=O) groups excluding carboxylic acids is 1. The summed E-state index contributed by atoms with van der Waals surface area (Å²) in [5.41, 5.74) is 2.00. The highest BCUT2D eigenvalue weighted by atomic mass is 16.5. The highest BCUT2D eigenvalue weighted by Gasteiger charge is 2.08. The van der Waals surface area contributed by atoms with Gasteiger partial charge in [-0.1, -0.05) is 56.7 Å². The second-order valence-electron chi connectivity index (χ2n) is 7.00. The molecular weight excluding hydrogens is 346 g/mol. The minimum atomic E-state index is 0.115. The van der Waals surface area contributed by atoms with Gasteiger partial charge in [-0.25, -0.2) is 0 Å². The second kappa shape index (κ2) is 12.6. The number of unbranched alkanes of at least 4 members (excludes halogenated alkanes) is 3. The molecule has 0 saturated heterocycles. The summed E-state index contributed by atoms with van der Waals surface area (Å²) in [5, 5.41) is 2.99. The van der Waals surface area contributed by atoms with Crippen molar-refractivity contribution in [1.29, 1.82) is 0 Å². The lowest BCUT2D eigenvalue weighted by Crippen LogP contribution is -2.29. The molecule has 1 amide bonds. The van der Waals surface area contributed by atoms with Crippen molar-refractivity contribution < 1.29 is 9.53 Å². The zero-order valence-corrected chi connectivity index (χ0v) is 17.0. The van der Waals surface area contributed by atoms with Crippen molar-refractivity contribution in [3.05, 3.63) is 65.7 Å². The Morgan fingerprint density at radius 3 is 2.25 bits per heavy atom. The first-order valence-electron chi connectivity index (χ1n) is 10.3. The number of amides is 1. The van der Waals surface area contributed by atoms with Crippen LogP contribution in [0.5, 0.6) is 5.75 Å². The Kier molecular flexibility index (Phi) is 9.72. The van der Waals surface area contributed by atoms with E-state index in [1.54, 1.807) is 0 Å². The summed E-state index contributed by atoms with van der Waals surface area (Å²) in [7, 11) is 0. The highest BCUT2D eigenvalue weighted by molar-refractivity contribution is 5.78. The second-order valence-corrected chi connectivity index (χ2v) is 7.00. The fourth-order valence-electron chi connectivity index (χ4n) is 2.64. The van der Waals surface area contributed by atoms with Gasteiger partial charge in [0.05, 0.1) is 6.61 Å². The predicted molar refractivity (Wildman–Crippen MR) is 115 cm³/mol. The van der Waals surface area contributed by atoms with Crippen molar-refractivity contribution in [1.82, 2.24) is 5.32 Å². The molecule has 28 heavy (non-hydrogen) atoms. The zero-order chi connectivity index (χ0) is 20.0. The first-order chi connectivity index (χ1) is 13.7. The molecule has 0 heterocycles. The molecule has 0 aliphatic carbocycles. The molecule has 2 aromatic carbocycles. The lowest BCUT2D eigenvalue weighted by molar-refractivity contribution is -0.124. The van der Waals surface area contributed by atoms with Crippen molar-refractivity contribution >= 4 is 5.91 Å². The Hall–Kier alpha value is -2.73. The van der Waals surface area contributed by atoms with E-state index in [0.29, 0.717) is 6.61 Å². The van der Waals surface area contributed by atoms with Crippen LogP contribution in [0.3, 0.4) is 0 Å². The smallest absolute Gasteiger partial charge is 0.222 e. The van der Waals surface area contributed by atoms with E-state index < -0.39 is 0 Å². The van der Waals surface area contributed by atoms with Gasteiger partial charge in [0.2, 0.25) is 5.91 Å². The lowest BCUT2D eigenvalue weighted by atomic mass is 10.1. The quantitative estimate of drug-likeness (QED) is 0.457. The Balaban J connectivity index is 1.57. The molecule has 0 bridgehead atoms. The molecule has 2 rings (SSSR count). The van der Waals surface area contributed by atoms with E-state index in [2.05, 4.69) is 17.2 Å². The van der Waals surface area contributed by atoms with Gasteiger partial charge in [0.1, 0.15) is 5.75 Å². The summed E-state index contributed by atoms with van der Waals surface area (Å²) >= 11 is 0. The van der Waals surface area contributed by atoms with E-state index in [0.717, 1.165) is 55.5 Å². The third-order valence-corrected chi connectivity index (χ3v) is 4.68. The number of hydrogen-bond acceptors (Lipinski definition) is 2. The molecule has 148 valence electrons. The van der Waals surface area contributed by atoms with Gasteiger partial charge in [0.15, 0.2) is 0 Å². The van der Waals surface area contributed by atoms with Gasteiger partial charge in [-0.2, -0.15) is 0 Å². The molecule has 0 radical (unpaired) electrons. The van der Waals surface area contributed by atoms with Gasteiger partial charge in [-0.15, -0.1) is 0 Å². The topological polar surface area (TPSA) is 38.3 Å². The molecule has 2 aromatic rings. The van der Waals surface area contributed by atoms with E-state index in [1.165, 1.54) is 0 Å². The van der Waals surface area contributed by atoms with Crippen LogP contribution in [0, 0.1) is 17.8 Å². The molecule has 0 fully saturated rings. The minimum Gasteiger partial charge on any atom is -0.494 e. The molecule has 0 saturated carbocycles. The average molecular weight is 378 g/mol. The highest BCUT2D eigenvalue weighted by Crippen LogP contribution is 2.13. The zero-order valence-electron chi connectivity index (χ0n) is 17.0. The summed E-state index contributed by atoms with van der Waals surface area (Å²) in [4.78, 5) is 11.7. The molecule has 1 N–H and O–H groups in total. The SMILES string of the molecule is CCC(C)C(=O)NCCCCCCOc1ccc(C#Cc2ccccc2)cc1. The van der Waals surface area contributed by atoms with E-state index in [-0.39, 0.29) is 11.8 Å². The standard InChI is InChI=1S/C25H31NO2/c1-3-21(2)25(27)26-19-9-4-5-10-20-28-24-17-15-23(16-18-24)14-13-22-11-7-6-8-12-22/h6-8,11-12,15-18,21H,3-5,9-10,19-20H2,1-2H3,(H,26,27). The third kappa shape index (κ3) is 8.31. The minimum absolute atomic E-state index is 0.115. The van der Waals surface area contributed by atoms with Gasteiger partial charge in [0, 0.05) is 23.6 Å². The molecule has 0 aliphatic rings. The van der Waals surface area contributed by atoms with E-state index in [4.69, 9.17) is 4.74 Å². The van der Waals surface area contributed by atoms with Crippen LogP contribution in [-0.4, -0.2) is 19.1 Å². The fraction of sp³-hybridized carbons (Fsp3) is 0.400. The summed E-state index contributed by atoms with van der Waals surface area (Å²) in [6.07, 6.45) is 5.16. The normalized spacial score (nSPS) is 11.2. The molecule has 0 spiro atoms. The van der Waals surface area contributed by atoms with Crippen LogP contribution in [0.15, 0.2) is 54.6 Å². The Morgan fingerprint density at radius 1 is 0.929 bits per heavy atom. The van der Waals surface area contributed by atoms with E-state index in [9.17, 15) is 4.79 Å². The monoisotopic (exact) mass is 377 g/mol. The molecule has 0 aliphatic heterocycles. The summed E-state index contributed by atoms with van der Waals surface area (Å²) in [6, 6.07) is 17.9. The van der Waals surface area contributed by atoms with Gasteiger partial charge >= 0.3 is 0 Å². The van der Waals surface area contributed by atoms with Crippen LogP contribution in [0.4, 0.5) is 0 Å². The number of benzene rings is 2. The van der Waals surface area contributed by atoms with Gasteiger partial charge in [0.25, 0.3) is 0 Å². The molecule has 1 unspecified atom stereocenters. The summed E-state index contributed by atoms with van der Waals surface area (Å²) in [5.74, 6) is 7.49. The van der Waals surface area contributed by atoms with Gasteiger partial charge in [-0.05, 0) is 55.7 Å². The van der Waals surface area contributed by atoms with Crippen molar-refractivity contribution in [2.75, 3.05) is 13.2 Å². The van der Waals surface area contributed by atoms with Gasteiger partial charge < -0.3 is 10.1 Å². The molecular formula is C25H31NO2. The lowest BCUT2D eigenvalue weighted by Gasteiger charge is -2.09. The average Bonchev–Trinajstić information content (AvgIpc) is 2.74. The number of nitrogens with one attached hydrogen (secondary N) is 1. The van der Waals surface area contributed by atoms with Crippen molar-refractivity contribution in [2.24, 2.45) is 5.92 Å². The number of rotatable bonds is 10. The van der Waals surface area contributed by atoms with Crippen LogP contribution in [0.2, 0.25) is 0 Å². The summed E-state index contributed by atoms with van der Waals surface area (Å²) < 4.78 is 5.80. The Morgan fingerprint density at radius 2 is 1.57 bits per heavy atom. The maximum absolute atomic E-state index is 11.7. The van der Waals surface area contributed by atoms with Crippen LogP contribution < -0.4 is 10.1 Å². The first-order valence-corrected chi connectivity index (χ1v) is 10.3. The van der Waals surface area contributed by atoms with Crippen LogP contribution in [0.1, 0.15) is 57.1 Å². The van der Waals surface area contributed by atoms with Gasteiger partial charge in [-0.3, -0.25) is 4.79 Å². The maximum Gasteiger partial charge on any atom is 0.222 e. The molecule has 1 atom stereocenters. The van der Waals surface area contributed by atoms with Crippen molar-refractivity contribution in [3.63, 3.8) is 0 Å². The molecule has 3 heteroatoms. The van der Waals surface area contributed by atoms with E-state index >= 15 is 0 Å². The Labute approximate surface area is 169 Å². The third-order valence-electron chi connectivity index (χ3n) is 4.68. The number of carbonyl (C=O) groups is 1. The van der Waals surface area contributed by atoms with Crippen LogP contribution >= 0.6 is 0 Å². The largest absolute Gasteiger partial charge is 0.494 e. The van der Waals surface area contributed by atoms with E-state index in [1.807, 2.05) is 68.4 Å². The van der Waals surface area contributed by atoms with Crippen molar-refractivity contribution in [3.8, 4) is 17.6 Å². The maximum atomic E-state index is 11.7. The predicted octanol–water partition coefficient (Wildman–Crippen LogP) is 5.19. The molecule has 0 aromatic heterocycles. The van der Waals surface area contributed by atoms with Crippen LogP contribution in [0.25, 0.3) is 0 Å². The van der Waals surface area contributed by atoms with Crippen LogP contribution in [-0.2, 0) is 4.79 Å². The summed E-state index contributed by atoms with van der Waals surface area (Å²) in [6.45, 7) is 5.49. The number of ether oxygens (including phenoxy) is 1. The fourth-order valence-corrected chi connectivity index (χ4v) is 2.64. The van der Waals surface area contributed by atoms with Crippen molar-refractivity contribution in [2.45, 2.75) is 46.0 Å². The number of hydrogen-bond donors (Lipinski definition) is 1. The first kappa shape index (κ1) is 21.6. The molecule has 3 nitrogen and oxygen atoms in total.